The molecule has 0 unspecified atom stereocenters. The number of ether oxygens (including phenoxy) is 1. The summed E-state index contributed by atoms with van der Waals surface area (Å²) < 4.78 is 32.2. The molecular formula is C25H27N3O4S2. The molecule has 1 aliphatic heterocycles. The molecule has 0 radical (unpaired) electrons. The van der Waals surface area contributed by atoms with Gasteiger partial charge in [0.2, 0.25) is 15.9 Å². The highest BCUT2D eigenvalue weighted by molar-refractivity contribution is 7.99. The molecule has 34 heavy (non-hydrogen) atoms. The average molecular weight is 498 g/mol. The summed E-state index contributed by atoms with van der Waals surface area (Å²) in [5, 5.41) is 0.596. The van der Waals surface area contributed by atoms with Gasteiger partial charge in [0, 0.05) is 26.3 Å². The zero-order chi connectivity index (χ0) is 24.0. The van der Waals surface area contributed by atoms with Crippen molar-refractivity contribution in [2.75, 3.05) is 39.1 Å². The van der Waals surface area contributed by atoms with E-state index in [1.165, 1.54) is 22.3 Å². The SMILES string of the molecule is CN(C(=O)CSc1ccc(S(=O)(=O)N2CCOCC2)cn1)C(c1ccccc1)c1ccccc1. The number of thioether (sulfide) groups is 1. The molecule has 0 spiro atoms. The van der Waals surface area contributed by atoms with Crippen LogP contribution in [-0.2, 0) is 19.6 Å². The molecule has 0 atom stereocenters. The van der Waals surface area contributed by atoms with E-state index < -0.39 is 10.0 Å². The Morgan fingerprint density at radius 2 is 1.59 bits per heavy atom. The minimum atomic E-state index is -3.59. The molecule has 1 aliphatic rings. The molecule has 0 N–H and O–H groups in total. The van der Waals surface area contributed by atoms with Gasteiger partial charge < -0.3 is 9.64 Å². The van der Waals surface area contributed by atoms with E-state index in [0.717, 1.165) is 11.1 Å². The van der Waals surface area contributed by atoms with Gasteiger partial charge in [-0.15, -0.1) is 0 Å². The lowest BCUT2D eigenvalue weighted by molar-refractivity contribution is -0.128. The largest absolute Gasteiger partial charge is 0.379 e. The maximum atomic E-state index is 13.1. The molecule has 2 aromatic carbocycles. The molecule has 0 saturated carbocycles. The third-order valence-corrected chi connectivity index (χ3v) is 8.48. The maximum Gasteiger partial charge on any atom is 0.244 e. The number of sulfonamides is 1. The van der Waals surface area contributed by atoms with Crippen LogP contribution in [0.15, 0.2) is 88.9 Å². The number of rotatable bonds is 8. The first-order chi connectivity index (χ1) is 16.5. The molecule has 0 bridgehead atoms. The van der Waals surface area contributed by atoms with Crippen molar-refractivity contribution in [1.82, 2.24) is 14.2 Å². The van der Waals surface area contributed by atoms with Crippen LogP contribution in [-0.4, -0.2) is 67.6 Å². The van der Waals surface area contributed by atoms with E-state index in [2.05, 4.69) is 4.98 Å². The summed E-state index contributed by atoms with van der Waals surface area (Å²) in [5.41, 5.74) is 2.07. The number of morpholine rings is 1. The number of carbonyl (C=O) groups excluding carboxylic acids is 1. The molecule has 1 aromatic heterocycles. The fourth-order valence-electron chi connectivity index (χ4n) is 3.83. The molecule has 4 rings (SSSR count). The van der Waals surface area contributed by atoms with Gasteiger partial charge in [-0.3, -0.25) is 4.79 Å². The van der Waals surface area contributed by atoms with E-state index in [1.54, 1.807) is 24.1 Å². The standard InChI is InChI=1S/C25H27N3O4S2/c1-27(25(20-8-4-2-5-9-20)21-10-6-3-7-11-21)24(29)19-33-23-13-12-22(18-26-23)34(30,31)28-14-16-32-17-15-28/h2-13,18,25H,14-17,19H2,1H3. The van der Waals surface area contributed by atoms with Crippen LogP contribution in [0.4, 0.5) is 0 Å². The Balaban J connectivity index is 1.43. The Bertz CT molecular complexity index is 1140. The van der Waals surface area contributed by atoms with Crippen molar-refractivity contribution in [2.45, 2.75) is 16.0 Å². The second kappa shape index (κ2) is 11.1. The van der Waals surface area contributed by atoms with E-state index in [0.29, 0.717) is 31.3 Å². The maximum absolute atomic E-state index is 13.1. The third kappa shape index (κ3) is 5.67. The van der Waals surface area contributed by atoms with Gasteiger partial charge in [0.15, 0.2) is 0 Å². The zero-order valence-corrected chi connectivity index (χ0v) is 20.5. The Morgan fingerprint density at radius 1 is 1.00 bits per heavy atom. The molecule has 1 amide bonds. The zero-order valence-electron chi connectivity index (χ0n) is 18.9. The van der Waals surface area contributed by atoms with Gasteiger partial charge in [-0.05, 0) is 23.3 Å². The lowest BCUT2D eigenvalue weighted by Gasteiger charge is -2.29. The quantitative estimate of drug-likeness (QED) is 0.444. The fourth-order valence-corrected chi connectivity index (χ4v) is 5.95. The van der Waals surface area contributed by atoms with Gasteiger partial charge in [-0.1, -0.05) is 72.4 Å². The van der Waals surface area contributed by atoms with Gasteiger partial charge >= 0.3 is 0 Å². The summed E-state index contributed by atoms with van der Waals surface area (Å²) >= 11 is 1.29. The second-order valence-corrected chi connectivity index (χ2v) is 10.8. The highest BCUT2D eigenvalue weighted by Gasteiger charge is 2.27. The number of amides is 1. The summed E-state index contributed by atoms with van der Waals surface area (Å²) in [5.74, 6) is 0.143. The number of nitrogens with zero attached hydrogens (tertiary/aromatic N) is 3. The minimum Gasteiger partial charge on any atom is -0.379 e. The molecule has 0 aliphatic carbocycles. The Morgan fingerprint density at radius 3 is 2.12 bits per heavy atom. The number of carbonyl (C=O) groups is 1. The summed E-state index contributed by atoms with van der Waals surface area (Å²) in [6, 6.07) is 22.8. The number of aromatic nitrogens is 1. The van der Waals surface area contributed by atoms with Crippen LogP contribution >= 0.6 is 11.8 Å². The van der Waals surface area contributed by atoms with Crippen molar-refractivity contribution in [3.05, 3.63) is 90.1 Å². The first-order valence-electron chi connectivity index (χ1n) is 11.0. The van der Waals surface area contributed by atoms with Crippen molar-refractivity contribution < 1.29 is 17.9 Å². The summed E-state index contributed by atoms with van der Waals surface area (Å²) in [6.07, 6.45) is 1.36. The van der Waals surface area contributed by atoms with Crippen LogP contribution in [0.5, 0.6) is 0 Å². The molecule has 7 nitrogen and oxygen atoms in total. The molecule has 9 heteroatoms. The minimum absolute atomic E-state index is 0.0467. The number of pyridine rings is 1. The van der Waals surface area contributed by atoms with Crippen molar-refractivity contribution in [2.24, 2.45) is 0 Å². The van der Waals surface area contributed by atoms with Crippen molar-refractivity contribution in [3.63, 3.8) is 0 Å². The van der Waals surface area contributed by atoms with Crippen LogP contribution in [0.3, 0.4) is 0 Å². The van der Waals surface area contributed by atoms with E-state index in [9.17, 15) is 13.2 Å². The van der Waals surface area contributed by atoms with E-state index in [1.807, 2.05) is 60.7 Å². The summed E-state index contributed by atoms with van der Waals surface area (Å²) in [7, 11) is -1.79. The first-order valence-corrected chi connectivity index (χ1v) is 13.4. The van der Waals surface area contributed by atoms with Crippen molar-refractivity contribution in [3.8, 4) is 0 Å². The van der Waals surface area contributed by atoms with E-state index >= 15 is 0 Å². The number of hydrogen-bond acceptors (Lipinski definition) is 6. The molecule has 1 saturated heterocycles. The van der Waals surface area contributed by atoms with Gasteiger partial charge in [-0.2, -0.15) is 4.31 Å². The van der Waals surface area contributed by atoms with Crippen LogP contribution in [0.1, 0.15) is 17.2 Å². The smallest absolute Gasteiger partial charge is 0.244 e. The van der Waals surface area contributed by atoms with Crippen molar-refractivity contribution >= 4 is 27.7 Å². The normalized spacial score (nSPS) is 14.8. The fraction of sp³-hybridized carbons (Fsp3) is 0.280. The van der Waals surface area contributed by atoms with Gasteiger partial charge in [0.1, 0.15) is 4.90 Å². The van der Waals surface area contributed by atoms with Crippen LogP contribution in [0, 0.1) is 0 Å². The predicted molar refractivity (Wildman–Crippen MR) is 132 cm³/mol. The first kappa shape index (κ1) is 24.4. The molecule has 3 aromatic rings. The van der Waals surface area contributed by atoms with E-state index in [4.69, 9.17) is 4.74 Å². The second-order valence-electron chi connectivity index (χ2n) is 7.87. The summed E-state index contributed by atoms with van der Waals surface area (Å²) in [4.78, 5) is 19.3. The molecule has 2 heterocycles. The third-order valence-electron chi connectivity index (χ3n) is 5.67. The Labute approximate surface area is 204 Å². The Hall–Kier alpha value is -2.72. The number of benzene rings is 2. The van der Waals surface area contributed by atoms with Gasteiger partial charge in [0.25, 0.3) is 0 Å². The summed E-state index contributed by atoms with van der Waals surface area (Å²) in [6.45, 7) is 1.46. The average Bonchev–Trinajstić information content (AvgIpc) is 2.89. The van der Waals surface area contributed by atoms with Crippen LogP contribution in [0.25, 0.3) is 0 Å². The topological polar surface area (TPSA) is 79.8 Å². The molecule has 178 valence electrons. The predicted octanol–water partition coefficient (Wildman–Crippen LogP) is 3.44. The lowest BCUT2D eigenvalue weighted by Crippen LogP contribution is -2.40. The number of hydrogen-bond donors (Lipinski definition) is 0. The highest BCUT2D eigenvalue weighted by Crippen LogP contribution is 2.29. The van der Waals surface area contributed by atoms with E-state index in [-0.39, 0.29) is 22.6 Å². The highest BCUT2D eigenvalue weighted by atomic mass is 32.2. The monoisotopic (exact) mass is 497 g/mol. The lowest BCUT2D eigenvalue weighted by atomic mass is 9.97. The van der Waals surface area contributed by atoms with Crippen LogP contribution < -0.4 is 0 Å². The Kier molecular flexibility index (Phi) is 7.99. The molecular weight excluding hydrogens is 470 g/mol. The van der Waals surface area contributed by atoms with Crippen molar-refractivity contribution in [1.29, 1.82) is 0 Å². The van der Waals surface area contributed by atoms with Crippen LogP contribution in [0.2, 0.25) is 0 Å². The van der Waals surface area contributed by atoms with Gasteiger partial charge in [0.05, 0.1) is 30.0 Å². The molecule has 1 fully saturated rings. The van der Waals surface area contributed by atoms with Gasteiger partial charge in [-0.25, -0.2) is 13.4 Å².